The van der Waals surface area contributed by atoms with Gasteiger partial charge in [-0.2, -0.15) is 0 Å². The Balaban J connectivity index is 1.96. The monoisotopic (exact) mass is 229 g/mol. The zero-order valence-electron chi connectivity index (χ0n) is 8.72. The van der Waals surface area contributed by atoms with E-state index in [0.29, 0.717) is 0 Å². The van der Waals surface area contributed by atoms with Crippen LogP contribution in [0.3, 0.4) is 0 Å². The first-order valence-corrected chi connectivity index (χ1v) is 6.26. The van der Waals surface area contributed by atoms with Crippen LogP contribution in [-0.2, 0) is 6.42 Å². The van der Waals surface area contributed by atoms with Gasteiger partial charge in [-0.1, -0.05) is 12.1 Å². The molecule has 16 heavy (non-hydrogen) atoms. The highest BCUT2D eigenvalue weighted by Gasteiger charge is 2.30. The fourth-order valence-electron chi connectivity index (χ4n) is 2.26. The van der Waals surface area contributed by atoms with E-state index in [9.17, 15) is 4.79 Å². The number of pyridine rings is 1. The molecule has 1 aliphatic carbocycles. The van der Waals surface area contributed by atoms with E-state index >= 15 is 0 Å². The van der Waals surface area contributed by atoms with Crippen molar-refractivity contribution in [2.24, 2.45) is 0 Å². The summed E-state index contributed by atoms with van der Waals surface area (Å²) in [7, 11) is 0. The van der Waals surface area contributed by atoms with E-state index in [2.05, 4.69) is 11.1 Å². The largest absolute Gasteiger partial charge is 0.293 e. The number of rotatable bonds is 2. The Morgan fingerprint density at radius 1 is 1.38 bits per heavy atom. The lowest BCUT2D eigenvalue weighted by molar-refractivity contribution is 0.0962. The number of aryl methyl sites for hydroxylation is 1. The molecule has 1 atom stereocenters. The lowest BCUT2D eigenvalue weighted by Gasteiger charge is -2.07. The van der Waals surface area contributed by atoms with Crippen LogP contribution in [-0.4, -0.2) is 10.8 Å². The molecule has 0 saturated heterocycles. The number of hydrogen-bond donors (Lipinski definition) is 0. The van der Waals surface area contributed by atoms with Crippen LogP contribution >= 0.6 is 11.3 Å². The van der Waals surface area contributed by atoms with Crippen molar-refractivity contribution in [3.8, 4) is 0 Å². The summed E-state index contributed by atoms with van der Waals surface area (Å²) in [5.41, 5.74) is 2.22. The SMILES string of the molecule is O=C(c1cccs1)C1CCc2cccnc21. The molecule has 2 heterocycles. The Hall–Kier alpha value is -1.48. The van der Waals surface area contributed by atoms with Crippen LogP contribution in [0.5, 0.6) is 0 Å². The van der Waals surface area contributed by atoms with Crippen LogP contribution in [0.15, 0.2) is 35.8 Å². The van der Waals surface area contributed by atoms with Gasteiger partial charge in [0, 0.05) is 6.20 Å². The lowest BCUT2D eigenvalue weighted by Crippen LogP contribution is -2.09. The highest BCUT2D eigenvalue weighted by molar-refractivity contribution is 7.12. The van der Waals surface area contributed by atoms with Gasteiger partial charge < -0.3 is 0 Å². The molecule has 0 bridgehead atoms. The molecule has 2 aromatic rings. The molecule has 1 unspecified atom stereocenters. The highest BCUT2D eigenvalue weighted by atomic mass is 32.1. The van der Waals surface area contributed by atoms with E-state index in [4.69, 9.17) is 0 Å². The number of fused-ring (bicyclic) bond motifs is 1. The molecule has 0 saturated carbocycles. The number of carbonyl (C=O) groups excluding carboxylic acids is 1. The smallest absolute Gasteiger partial charge is 0.181 e. The van der Waals surface area contributed by atoms with Crippen LogP contribution in [0.2, 0.25) is 0 Å². The molecule has 0 N–H and O–H groups in total. The predicted octanol–water partition coefficient (Wildman–Crippen LogP) is 3.06. The van der Waals surface area contributed by atoms with Gasteiger partial charge in [0.1, 0.15) is 0 Å². The summed E-state index contributed by atoms with van der Waals surface area (Å²) < 4.78 is 0. The Morgan fingerprint density at radius 2 is 2.31 bits per heavy atom. The van der Waals surface area contributed by atoms with Gasteiger partial charge in [0.15, 0.2) is 5.78 Å². The molecule has 0 spiro atoms. The molecule has 0 amide bonds. The number of thiophene rings is 1. The van der Waals surface area contributed by atoms with Gasteiger partial charge in [0.2, 0.25) is 0 Å². The minimum atomic E-state index is -0.0187. The lowest BCUT2D eigenvalue weighted by atomic mass is 10.0. The Labute approximate surface area is 98.0 Å². The third-order valence-corrected chi connectivity index (χ3v) is 3.92. The summed E-state index contributed by atoms with van der Waals surface area (Å²) >= 11 is 1.52. The summed E-state index contributed by atoms with van der Waals surface area (Å²) in [5.74, 6) is 0.210. The van der Waals surface area contributed by atoms with Gasteiger partial charge >= 0.3 is 0 Å². The molecule has 0 fully saturated rings. The first-order valence-electron chi connectivity index (χ1n) is 5.38. The molecule has 0 aliphatic heterocycles. The van der Waals surface area contributed by atoms with Crippen molar-refractivity contribution in [3.05, 3.63) is 52.0 Å². The van der Waals surface area contributed by atoms with Gasteiger partial charge in [-0.05, 0) is 35.9 Å². The van der Waals surface area contributed by atoms with Gasteiger partial charge in [-0.3, -0.25) is 9.78 Å². The Kier molecular flexibility index (Phi) is 2.33. The quantitative estimate of drug-likeness (QED) is 0.741. The first kappa shape index (κ1) is 9.73. The van der Waals surface area contributed by atoms with E-state index in [0.717, 1.165) is 23.4 Å². The van der Waals surface area contributed by atoms with E-state index < -0.39 is 0 Å². The van der Waals surface area contributed by atoms with Crippen molar-refractivity contribution in [1.82, 2.24) is 4.98 Å². The van der Waals surface area contributed by atoms with E-state index in [1.54, 1.807) is 6.20 Å². The zero-order chi connectivity index (χ0) is 11.0. The van der Waals surface area contributed by atoms with Crippen molar-refractivity contribution in [2.75, 3.05) is 0 Å². The van der Waals surface area contributed by atoms with Crippen molar-refractivity contribution in [1.29, 1.82) is 0 Å². The molecule has 0 radical (unpaired) electrons. The summed E-state index contributed by atoms with van der Waals surface area (Å²) in [6.45, 7) is 0. The van der Waals surface area contributed by atoms with Crippen LogP contribution < -0.4 is 0 Å². The summed E-state index contributed by atoms with van der Waals surface area (Å²) in [6, 6.07) is 7.83. The normalized spacial score (nSPS) is 18.4. The van der Waals surface area contributed by atoms with Gasteiger partial charge in [-0.25, -0.2) is 0 Å². The summed E-state index contributed by atoms with van der Waals surface area (Å²) in [5, 5.41) is 1.95. The molecule has 2 nitrogen and oxygen atoms in total. The van der Waals surface area contributed by atoms with Gasteiger partial charge in [0.25, 0.3) is 0 Å². The zero-order valence-corrected chi connectivity index (χ0v) is 9.54. The second kappa shape index (κ2) is 3.83. The van der Waals surface area contributed by atoms with Crippen molar-refractivity contribution in [2.45, 2.75) is 18.8 Å². The fraction of sp³-hybridized carbons (Fsp3) is 0.231. The van der Waals surface area contributed by atoms with E-state index in [-0.39, 0.29) is 11.7 Å². The molecule has 0 aromatic carbocycles. The van der Waals surface area contributed by atoms with Crippen LogP contribution in [0.25, 0.3) is 0 Å². The van der Waals surface area contributed by atoms with E-state index in [1.807, 2.05) is 23.6 Å². The second-order valence-corrected chi connectivity index (χ2v) is 4.93. The minimum Gasteiger partial charge on any atom is -0.293 e. The summed E-state index contributed by atoms with van der Waals surface area (Å²) in [6.07, 6.45) is 3.66. The van der Waals surface area contributed by atoms with Gasteiger partial charge in [0.05, 0.1) is 16.5 Å². The molecule has 3 rings (SSSR count). The number of Topliss-reactive ketones (excluding diaryl/α,β-unsaturated/α-hetero) is 1. The number of ketones is 1. The van der Waals surface area contributed by atoms with E-state index in [1.165, 1.54) is 16.9 Å². The van der Waals surface area contributed by atoms with Crippen LogP contribution in [0, 0.1) is 0 Å². The Morgan fingerprint density at radius 3 is 3.12 bits per heavy atom. The number of nitrogens with zero attached hydrogens (tertiary/aromatic N) is 1. The molecular formula is C13H11NOS. The van der Waals surface area contributed by atoms with Crippen LogP contribution in [0.1, 0.15) is 33.3 Å². The average Bonchev–Trinajstić information content (AvgIpc) is 2.98. The summed E-state index contributed by atoms with van der Waals surface area (Å²) in [4.78, 5) is 17.4. The molecule has 80 valence electrons. The molecule has 3 heteroatoms. The fourth-order valence-corrected chi connectivity index (χ4v) is 2.98. The standard InChI is InChI=1S/C13H11NOS/c15-13(11-4-2-8-16-11)10-6-5-9-3-1-7-14-12(9)10/h1-4,7-8,10H,5-6H2. The highest BCUT2D eigenvalue weighted by Crippen LogP contribution is 2.34. The first-order chi connectivity index (χ1) is 7.86. The molecule has 2 aromatic heterocycles. The third-order valence-electron chi connectivity index (χ3n) is 3.04. The maximum absolute atomic E-state index is 12.2. The molecular weight excluding hydrogens is 218 g/mol. The number of carbonyl (C=O) groups is 1. The maximum atomic E-state index is 12.2. The second-order valence-electron chi connectivity index (χ2n) is 3.98. The van der Waals surface area contributed by atoms with Gasteiger partial charge in [-0.15, -0.1) is 11.3 Å². The third kappa shape index (κ3) is 1.48. The molecule has 1 aliphatic rings. The van der Waals surface area contributed by atoms with Crippen molar-refractivity contribution in [3.63, 3.8) is 0 Å². The topological polar surface area (TPSA) is 30.0 Å². The minimum absolute atomic E-state index is 0.0187. The number of aromatic nitrogens is 1. The Bertz CT molecular complexity index is 518. The van der Waals surface area contributed by atoms with Crippen molar-refractivity contribution < 1.29 is 4.79 Å². The van der Waals surface area contributed by atoms with Crippen molar-refractivity contribution >= 4 is 17.1 Å². The predicted molar refractivity (Wildman–Crippen MR) is 63.9 cm³/mol. The maximum Gasteiger partial charge on any atom is 0.181 e. The average molecular weight is 229 g/mol. The number of hydrogen-bond acceptors (Lipinski definition) is 3. The van der Waals surface area contributed by atoms with Crippen LogP contribution in [0.4, 0.5) is 0 Å².